The van der Waals surface area contributed by atoms with Crippen LogP contribution in [-0.2, 0) is 13.1 Å². The van der Waals surface area contributed by atoms with Gasteiger partial charge in [-0.1, -0.05) is 6.07 Å². The van der Waals surface area contributed by atoms with Gasteiger partial charge in [-0.3, -0.25) is 9.69 Å². The molecule has 27 heavy (non-hydrogen) atoms. The number of fused-ring (bicyclic) bond motifs is 1. The molecule has 1 aromatic carbocycles. The molecule has 0 aliphatic carbocycles. The number of hydrogen-bond acceptors (Lipinski definition) is 5. The zero-order valence-corrected chi connectivity index (χ0v) is 15.7. The van der Waals surface area contributed by atoms with E-state index in [2.05, 4.69) is 9.88 Å². The molecule has 6 nitrogen and oxygen atoms in total. The molecule has 0 unspecified atom stereocenters. The van der Waals surface area contributed by atoms with Gasteiger partial charge in [0, 0.05) is 49.9 Å². The topological polar surface area (TPSA) is 54.9 Å². The van der Waals surface area contributed by atoms with Crippen LogP contribution in [0.4, 0.5) is 0 Å². The number of nitrogens with zero attached hydrogens (tertiary/aromatic N) is 3. The highest BCUT2D eigenvalue weighted by Gasteiger charge is 2.22. The molecule has 2 aliphatic heterocycles. The molecular weight excluding hydrogens is 342 g/mol. The van der Waals surface area contributed by atoms with Crippen molar-refractivity contribution in [2.45, 2.75) is 25.9 Å². The van der Waals surface area contributed by atoms with Crippen LogP contribution in [0.15, 0.2) is 36.4 Å². The van der Waals surface area contributed by atoms with Crippen LogP contribution in [0.1, 0.15) is 34.5 Å². The fourth-order valence-electron chi connectivity index (χ4n) is 3.71. The molecule has 6 heteroatoms. The minimum atomic E-state index is 0.126. The number of carbonyl (C=O) groups excluding carboxylic acids is 1. The summed E-state index contributed by atoms with van der Waals surface area (Å²) in [7, 11) is 1.63. The standard InChI is InChI=1S/C21H25N3O3/c1-26-20-6-4-5-18(22-20)15-23-11-12-27-19-8-7-16(13-17(19)14-23)21(25)24-9-2-3-10-24/h4-8,13H,2-3,9-12,14-15H2,1H3. The molecule has 0 atom stereocenters. The number of likely N-dealkylation sites (tertiary alicyclic amines) is 1. The second-order valence-corrected chi connectivity index (χ2v) is 7.05. The van der Waals surface area contributed by atoms with Crippen LogP contribution in [0.2, 0.25) is 0 Å². The fraction of sp³-hybridized carbons (Fsp3) is 0.429. The highest BCUT2D eigenvalue weighted by atomic mass is 16.5. The quantitative estimate of drug-likeness (QED) is 0.832. The van der Waals surface area contributed by atoms with Crippen LogP contribution in [-0.4, -0.2) is 54.0 Å². The van der Waals surface area contributed by atoms with E-state index in [1.165, 1.54) is 0 Å². The van der Waals surface area contributed by atoms with Crippen molar-refractivity contribution in [3.05, 3.63) is 53.2 Å². The summed E-state index contributed by atoms with van der Waals surface area (Å²) in [6.07, 6.45) is 2.20. The molecule has 0 N–H and O–H groups in total. The van der Waals surface area contributed by atoms with Crippen molar-refractivity contribution in [1.29, 1.82) is 0 Å². The summed E-state index contributed by atoms with van der Waals surface area (Å²) >= 11 is 0. The maximum absolute atomic E-state index is 12.7. The summed E-state index contributed by atoms with van der Waals surface area (Å²) in [4.78, 5) is 21.4. The average Bonchev–Trinajstić information content (AvgIpc) is 3.16. The maximum atomic E-state index is 12.7. The number of ether oxygens (including phenoxy) is 2. The molecular formula is C21H25N3O3. The zero-order chi connectivity index (χ0) is 18.6. The number of pyridine rings is 1. The van der Waals surface area contributed by atoms with E-state index in [4.69, 9.17) is 9.47 Å². The van der Waals surface area contributed by atoms with Gasteiger partial charge in [-0.25, -0.2) is 4.98 Å². The zero-order valence-electron chi connectivity index (χ0n) is 15.7. The van der Waals surface area contributed by atoms with Crippen molar-refractivity contribution in [3.8, 4) is 11.6 Å². The van der Waals surface area contributed by atoms with Gasteiger partial charge in [0.2, 0.25) is 5.88 Å². The Morgan fingerprint density at radius 2 is 2.04 bits per heavy atom. The summed E-state index contributed by atoms with van der Waals surface area (Å²) in [5, 5.41) is 0. The molecule has 1 amide bonds. The van der Waals surface area contributed by atoms with Crippen LogP contribution in [0.25, 0.3) is 0 Å². The Kier molecular flexibility index (Phi) is 5.25. The minimum Gasteiger partial charge on any atom is -0.492 e. The molecule has 142 valence electrons. The molecule has 1 saturated heterocycles. The maximum Gasteiger partial charge on any atom is 0.253 e. The van der Waals surface area contributed by atoms with E-state index in [-0.39, 0.29) is 5.91 Å². The third kappa shape index (κ3) is 4.06. The number of benzene rings is 1. The van der Waals surface area contributed by atoms with Crippen LogP contribution in [0.5, 0.6) is 11.6 Å². The molecule has 3 heterocycles. The normalized spacial score (nSPS) is 17.1. The van der Waals surface area contributed by atoms with Crippen LogP contribution in [0.3, 0.4) is 0 Å². The first-order valence-electron chi connectivity index (χ1n) is 9.50. The third-order valence-electron chi connectivity index (χ3n) is 5.14. The largest absolute Gasteiger partial charge is 0.492 e. The second kappa shape index (κ2) is 7.96. The van der Waals surface area contributed by atoms with Gasteiger partial charge in [0.05, 0.1) is 12.8 Å². The van der Waals surface area contributed by atoms with Crippen LogP contribution < -0.4 is 9.47 Å². The Bertz CT molecular complexity index is 818. The smallest absolute Gasteiger partial charge is 0.253 e. The lowest BCUT2D eigenvalue weighted by atomic mass is 10.1. The van der Waals surface area contributed by atoms with E-state index in [1.54, 1.807) is 7.11 Å². The van der Waals surface area contributed by atoms with Gasteiger partial charge in [-0.05, 0) is 37.1 Å². The molecule has 2 aromatic rings. The van der Waals surface area contributed by atoms with Crippen molar-refractivity contribution in [2.24, 2.45) is 0 Å². The van der Waals surface area contributed by atoms with Crippen LogP contribution in [0, 0.1) is 0 Å². The second-order valence-electron chi connectivity index (χ2n) is 7.05. The lowest BCUT2D eigenvalue weighted by Gasteiger charge is -2.20. The number of methoxy groups -OCH3 is 1. The van der Waals surface area contributed by atoms with Crippen molar-refractivity contribution in [2.75, 3.05) is 33.4 Å². The molecule has 0 bridgehead atoms. The molecule has 0 spiro atoms. The first-order valence-corrected chi connectivity index (χ1v) is 9.50. The van der Waals surface area contributed by atoms with Gasteiger partial charge >= 0.3 is 0 Å². The summed E-state index contributed by atoms with van der Waals surface area (Å²) < 4.78 is 11.1. The van der Waals surface area contributed by atoms with Gasteiger partial charge in [-0.2, -0.15) is 0 Å². The van der Waals surface area contributed by atoms with E-state index < -0.39 is 0 Å². The minimum absolute atomic E-state index is 0.126. The van der Waals surface area contributed by atoms with Crippen molar-refractivity contribution < 1.29 is 14.3 Å². The summed E-state index contributed by atoms with van der Waals surface area (Å²) in [6.45, 7) is 4.60. The van der Waals surface area contributed by atoms with E-state index in [0.717, 1.165) is 61.6 Å². The van der Waals surface area contributed by atoms with Gasteiger partial charge in [0.1, 0.15) is 12.4 Å². The van der Waals surface area contributed by atoms with E-state index in [9.17, 15) is 4.79 Å². The molecule has 1 fully saturated rings. The van der Waals surface area contributed by atoms with E-state index >= 15 is 0 Å². The van der Waals surface area contributed by atoms with Crippen molar-refractivity contribution in [3.63, 3.8) is 0 Å². The highest BCUT2D eigenvalue weighted by molar-refractivity contribution is 5.94. The Hall–Kier alpha value is -2.60. The van der Waals surface area contributed by atoms with Crippen molar-refractivity contribution in [1.82, 2.24) is 14.8 Å². The Balaban J connectivity index is 1.51. The first-order chi connectivity index (χ1) is 13.2. The fourth-order valence-corrected chi connectivity index (χ4v) is 3.71. The summed E-state index contributed by atoms with van der Waals surface area (Å²) in [6, 6.07) is 11.6. The lowest BCUT2D eigenvalue weighted by molar-refractivity contribution is 0.0792. The Labute approximate surface area is 159 Å². The molecule has 1 aromatic heterocycles. The molecule has 4 rings (SSSR count). The Morgan fingerprint density at radius 1 is 1.19 bits per heavy atom. The predicted octanol–water partition coefficient (Wildman–Crippen LogP) is 2.72. The van der Waals surface area contributed by atoms with Gasteiger partial charge in [0.25, 0.3) is 5.91 Å². The summed E-state index contributed by atoms with van der Waals surface area (Å²) in [5.41, 5.74) is 2.77. The number of carbonyl (C=O) groups is 1. The number of hydrogen-bond donors (Lipinski definition) is 0. The van der Waals surface area contributed by atoms with Gasteiger partial charge in [-0.15, -0.1) is 0 Å². The summed E-state index contributed by atoms with van der Waals surface area (Å²) in [5.74, 6) is 1.62. The first kappa shape index (κ1) is 17.8. The number of aromatic nitrogens is 1. The van der Waals surface area contributed by atoms with E-state index in [0.29, 0.717) is 19.0 Å². The molecule has 0 saturated carbocycles. The monoisotopic (exact) mass is 367 g/mol. The predicted molar refractivity (Wildman–Crippen MR) is 102 cm³/mol. The molecule has 2 aliphatic rings. The van der Waals surface area contributed by atoms with Gasteiger partial charge < -0.3 is 14.4 Å². The number of rotatable bonds is 4. The number of amides is 1. The van der Waals surface area contributed by atoms with E-state index in [1.807, 2.05) is 41.3 Å². The van der Waals surface area contributed by atoms with Gasteiger partial charge in [0.15, 0.2) is 0 Å². The third-order valence-corrected chi connectivity index (χ3v) is 5.14. The molecule has 0 radical (unpaired) electrons. The van der Waals surface area contributed by atoms with Crippen LogP contribution >= 0.6 is 0 Å². The van der Waals surface area contributed by atoms with Crippen molar-refractivity contribution >= 4 is 5.91 Å². The SMILES string of the molecule is COc1cccc(CN2CCOc3ccc(C(=O)N4CCCC4)cc3C2)n1. The highest BCUT2D eigenvalue weighted by Crippen LogP contribution is 2.26. The Morgan fingerprint density at radius 3 is 2.85 bits per heavy atom. The average molecular weight is 367 g/mol. The lowest BCUT2D eigenvalue weighted by Crippen LogP contribution is -2.28.